The van der Waals surface area contributed by atoms with Gasteiger partial charge in [-0.05, 0) is 90.9 Å². The average Bonchev–Trinajstić information content (AvgIpc) is 3.12. The van der Waals surface area contributed by atoms with E-state index in [1.54, 1.807) is 6.20 Å². The molecule has 0 radical (unpaired) electrons. The number of rotatable bonds is 7. The fourth-order valence-electron chi connectivity index (χ4n) is 5.30. The number of hydrazone groups is 1. The van der Waals surface area contributed by atoms with E-state index in [1.807, 2.05) is 128 Å². The van der Waals surface area contributed by atoms with Crippen molar-refractivity contribution in [2.75, 3.05) is 5.43 Å². The summed E-state index contributed by atoms with van der Waals surface area (Å²) in [6, 6.07) is 41.5. The summed E-state index contributed by atoms with van der Waals surface area (Å²) in [6.45, 7) is 1.96. The number of anilines is 1. The Kier molecular flexibility index (Phi) is 7.86. The van der Waals surface area contributed by atoms with Gasteiger partial charge in [-0.3, -0.25) is 20.8 Å². The van der Waals surface area contributed by atoms with Crippen molar-refractivity contribution in [2.24, 2.45) is 5.10 Å². The van der Waals surface area contributed by atoms with Crippen molar-refractivity contribution < 1.29 is 0 Å². The molecule has 0 unspecified atom stereocenters. The first-order valence-corrected chi connectivity index (χ1v) is 14.9. The van der Waals surface area contributed by atoms with Gasteiger partial charge < -0.3 is 0 Å². The zero-order chi connectivity index (χ0) is 31.3. The Balaban J connectivity index is 1.30. The van der Waals surface area contributed by atoms with Crippen LogP contribution in [0.1, 0.15) is 17.1 Å². The molecule has 1 aliphatic rings. The molecule has 7 heteroatoms. The van der Waals surface area contributed by atoms with Crippen molar-refractivity contribution in [3.8, 4) is 33.9 Å². The highest BCUT2D eigenvalue weighted by Gasteiger charge is 2.25. The van der Waals surface area contributed by atoms with E-state index in [0.29, 0.717) is 22.7 Å². The van der Waals surface area contributed by atoms with Gasteiger partial charge in [0.2, 0.25) is 0 Å². The maximum Gasteiger partial charge on any atom is 0.118 e. The van der Waals surface area contributed by atoms with Gasteiger partial charge in [-0.1, -0.05) is 66.7 Å². The van der Waals surface area contributed by atoms with Gasteiger partial charge >= 0.3 is 0 Å². The average molecular weight is 596 g/mol. The van der Waals surface area contributed by atoms with E-state index in [2.05, 4.69) is 33.6 Å². The Bertz CT molecular complexity index is 2150. The van der Waals surface area contributed by atoms with Crippen LogP contribution in [0.15, 0.2) is 151 Å². The van der Waals surface area contributed by atoms with Crippen LogP contribution in [0.4, 0.5) is 5.69 Å². The lowest BCUT2D eigenvalue weighted by Crippen LogP contribution is -2.22. The zero-order valence-electron chi connectivity index (χ0n) is 25.1. The molecule has 2 aromatic carbocycles. The molecular weight excluding hydrogens is 566 g/mol. The molecule has 0 amide bonds. The Morgan fingerprint density at radius 2 is 1.13 bits per heavy atom. The standard InChI is InChI=1S/C39H29N7/c1-26-11-7-19-36(42-26)37-21-10-18-33(44-37)31-23-22-30(32-17-9-20-35(43-32)34-16-5-6-24-41-34)38(40)39(31)46-45-29-15-8-14-28(25-29)27-12-3-2-4-13-27/h2-25,40,45H,1H3/b40-38?,46-39-. The van der Waals surface area contributed by atoms with E-state index < -0.39 is 0 Å². The van der Waals surface area contributed by atoms with Gasteiger partial charge in [0, 0.05) is 23.0 Å². The molecule has 0 aliphatic heterocycles. The molecule has 1 aliphatic carbocycles. The van der Waals surface area contributed by atoms with Crippen LogP contribution in [0.5, 0.6) is 0 Å². The molecule has 46 heavy (non-hydrogen) atoms. The molecule has 0 saturated carbocycles. The van der Waals surface area contributed by atoms with E-state index in [0.717, 1.165) is 50.9 Å². The first-order valence-electron chi connectivity index (χ1n) is 14.9. The molecule has 4 aromatic heterocycles. The molecule has 0 saturated heterocycles. The predicted octanol–water partition coefficient (Wildman–Crippen LogP) is 8.54. The van der Waals surface area contributed by atoms with Gasteiger partial charge in [0.05, 0.1) is 45.6 Å². The van der Waals surface area contributed by atoms with Crippen LogP contribution in [-0.2, 0) is 0 Å². The van der Waals surface area contributed by atoms with Crippen LogP contribution in [-0.4, -0.2) is 31.4 Å². The number of aromatic nitrogens is 4. The molecule has 2 N–H and O–H groups in total. The monoisotopic (exact) mass is 595 g/mol. The smallest absolute Gasteiger partial charge is 0.118 e. The van der Waals surface area contributed by atoms with Gasteiger partial charge in [0.1, 0.15) is 5.71 Å². The van der Waals surface area contributed by atoms with E-state index in [-0.39, 0.29) is 5.71 Å². The van der Waals surface area contributed by atoms with Crippen molar-refractivity contribution in [2.45, 2.75) is 6.92 Å². The van der Waals surface area contributed by atoms with E-state index in [9.17, 15) is 5.41 Å². The molecule has 0 bridgehead atoms. The van der Waals surface area contributed by atoms with Crippen LogP contribution in [0, 0.1) is 12.3 Å². The lowest BCUT2D eigenvalue weighted by atomic mass is 9.90. The number of nitrogens with one attached hydrogen (secondary N) is 2. The molecule has 7 rings (SSSR count). The summed E-state index contributed by atoms with van der Waals surface area (Å²) in [5.41, 5.74) is 13.6. The van der Waals surface area contributed by atoms with Gasteiger partial charge in [-0.25, -0.2) is 9.97 Å². The van der Waals surface area contributed by atoms with Gasteiger partial charge in [-0.15, -0.1) is 0 Å². The third kappa shape index (κ3) is 6.02. The second-order valence-corrected chi connectivity index (χ2v) is 10.8. The number of pyridine rings is 4. The number of allylic oxidation sites excluding steroid dienone is 4. The maximum absolute atomic E-state index is 9.41. The highest BCUT2D eigenvalue weighted by Crippen LogP contribution is 2.30. The minimum absolute atomic E-state index is 0.232. The normalized spacial score (nSPS) is 13.7. The maximum atomic E-state index is 9.41. The number of hydrogen-bond acceptors (Lipinski definition) is 7. The molecule has 6 aromatic rings. The van der Waals surface area contributed by atoms with E-state index in [4.69, 9.17) is 15.1 Å². The predicted molar refractivity (Wildman–Crippen MR) is 186 cm³/mol. The van der Waals surface area contributed by atoms with Crippen molar-refractivity contribution in [3.63, 3.8) is 0 Å². The molecule has 7 nitrogen and oxygen atoms in total. The Morgan fingerprint density at radius 1 is 0.543 bits per heavy atom. The second-order valence-electron chi connectivity index (χ2n) is 10.8. The summed E-state index contributed by atoms with van der Waals surface area (Å²) in [6.07, 6.45) is 5.62. The van der Waals surface area contributed by atoms with Crippen LogP contribution >= 0.6 is 0 Å². The lowest BCUT2D eigenvalue weighted by molar-refractivity contribution is 1.17. The van der Waals surface area contributed by atoms with E-state index >= 15 is 0 Å². The van der Waals surface area contributed by atoms with Crippen molar-refractivity contribution in [1.29, 1.82) is 5.41 Å². The summed E-state index contributed by atoms with van der Waals surface area (Å²) < 4.78 is 0. The van der Waals surface area contributed by atoms with Crippen LogP contribution in [0.25, 0.3) is 45.0 Å². The molecule has 0 atom stereocenters. The minimum atomic E-state index is 0.232. The third-order valence-corrected chi connectivity index (χ3v) is 7.57. The molecular formula is C39H29N7. The summed E-state index contributed by atoms with van der Waals surface area (Å²) >= 11 is 0. The molecule has 0 fully saturated rings. The summed E-state index contributed by atoms with van der Waals surface area (Å²) in [4.78, 5) is 19.0. The lowest BCUT2D eigenvalue weighted by Gasteiger charge is -2.19. The quantitative estimate of drug-likeness (QED) is 0.142. The van der Waals surface area contributed by atoms with Crippen molar-refractivity contribution >= 4 is 28.3 Å². The first-order chi connectivity index (χ1) is 22.6. The topological polar surface area (TPSA) is 99.8 Å². The number of aryl methyl sites for hydroxylation is 1. The molecule has 4 heterocycles. The minimum Gasteiger partial charge on any atom is -0.298 e. The van der Waals surface area contributed by atoms with Crippen LogP contribution < -0.4 is 5.43 Å². The molecule has 220 valence electrons. The summed E-state index contributed by atoms with van der Waals surface area (Å²) in [5.74, 6) is 0. The Morgan fingerprint density at radius 3 is 1.87 bits per heavy atom. The fraction of sp³-hybridized carbons (Fsp3) is 0.0256. The number of hydrogen-bond donors (Lipinski definition) is 2. The zero-order valence-corrected chi connectivity index (χ0v) is 25.1. The summed E-state index contributed by atoms with van der Waals surface area (Å²) in [5, 5.41) is 14.2. The SMILES string of the molecule is Cc1cccc(-c2cccc(C3=CC=C(c4cccc(-c5ccccn5)n4)C(=N)/C3=N\Nc3cccc(-c4ccccc4)c3)n2)n1. The van der Waals surface area contributed by atoms with Gasteiger partial charge in [0.25, 0.3) is 0 Å². The number of benzene rings is 2. The van der Waals surface area contributed by atoms with Gasteiger partial charge in [-0.2, -0.15) is 5.10 Å². The van der Waals surface area contributed by atoms with Crippen LogP contribution in [0.3, 0.4) is 0 Å². The van der Waals surface area contributed by atoms with Crippen molar-refractivity contribution in [3.05, 3.63) is 163 Å². The van der Waals surface area contributed by atoms with E-state index in [1.165, 1.54) is 0 Å². The van der Waals surface area contributed by atoms with Crippen LogP contribution in [0.2, 0.25) is 0 Å². The number of nitrogens with zero attached hydrogens (tertiary/aromatic N) is 5. The largest absolute Gasteiger partial charge is 0.298 e. The second kappa shape index (κ2) is 12.7. The Hall–Kier alpha value is -6.34. The molecule has 0 spiro atoms. The first kappa shape index (κ1) is 28.4. The highest BCUT2D eigenvalue weighted by atomic mass is 15.3. The Labute approximate surface area is 267 Å². The fourth-order valence-corrected chi connectivity index (χ4v) is 5.30. The highest BCUT2D eigenvalue weighted by molar-refractivity contribution is 6.69. The third-order valence-electron chi connectivity index (χ3n) is 7.57. The summed E-state index contributed by atoms with van der Waals surface area (Å²) in [7, 11) is 0. The van der Waals surface area contributed by atoms with Crippen molar-refractivity contribution in [1.82, 2.24) is 19.9 Å². The van der Waals surface area contributed by atoms with Gasteiger partial charge in [0.15, 0.2) is 0 Å².